The molecule has 0 saturated heterocycles. The van der Waals surface area contributed by atoms with Gasteiger partial charge in [0.15, 0.2) is 0 Å². The van der Waals surface area contributed by atoms with Crippen LogP contribution >= 0.6 is 0 Å². The van der Waals surface area contributed by atoms with Gasteiger partial charge in [0.05, 0.1) is 18.8 Å². The van der Waals surface area contributed by atoms with Gasteiger partial charge in [-0.25, -0.2) is 0 Å². The Morgan fingerprint density at radius 1 is 1.40 bits per heavy atom. The summed E-state index contributed by atoms with van der Waals surface area (Å²) in [7, 11) is 1.79. The molecule has 0 aromatic carbocycles. The summed E-state index contributed by atoms with van der Waals surface area (Å²) in [6.07, 6.45) is 0. The number of hydrogen-bond donors (Lipinski definition) is 2. The van der Waals surface area contributed by atoms with E-state index in [1.807, 2.05) is 34.6 Å². The Kier molecular flexibility index (Phi) is 4.94. The summed E-state index contributed by atoms with van der Waals surface area (Å²) in [6, 6.07) is 1.73. The molecular weight excluding hydrogens is 258 g/mol. The highest BCUT2D eigenvalue weighted by molar-refractivity contribution is 5.91. The average Bonchev–Trinajstić information content (AvgIpc) is 2.76. The summed E-state index contributed by atoms with van der Waals surface area (Å²) in [5.74, 6) is 0.140. The van der Waals surface area contributed by atoms with Crippen LogP contribution in [-0.2, 0) is 10.2 Å². The van der Waals surface area contributed by atoms with Crippen molar-refractivity contribution in [2.24, 2.45) is 0 Å². The second-order valence-electron chi connectivity index (χ2n) is 6.70. The molecule has 20 heavy (non-hydrogen) atoms. The van der Waals surface area contributed by atoms with E-state index in [9.17, 15) is 9.90 Å². The fourth-order valence-corrected chi connectivity index (χ4v) is 1.41. The first-order valence-electron chi connectivity index (χ1n) is 6.65. The van der Waals surface area contributed by atoms with E-state index in [-0.39, 0.29) is 24.5 Å². The van der Waals surface area contributed by atoms with Crippen molar-refractivity contribution in [2.75, 3.05) is 25.5 Å². The van der Waals surface area contributed by atoms with Crippen LogP contribution in [0.3, 0.4) is 0 Å². The van der Waals surface area contributed by atoms with Crippen LogP contribution in [0.2, 0.25) is 0 Å². The molecule has 0 fully saturated rings. The van der Waals surface area contributed by atoms with Crippen molar-refractivity contribution >= 4 is 11.8 Å². The molecule has 1 amide bonds. The van der Waals surface area contributed by atoms with Gasteiger partial charge in [-0.3, -0.25) is 15.0 Å². The second-order valence-corrected chi connectivity index (χ2v) is 6.70. The minimum absolute atomic E-state index is 0.0206. The number of hydrogen-bond acceptors (Lipinski definition) is 5. The maximum Gasteiger partial charge on any atom is 0.240 e. The van der Waals surface area contributed by atoms with Crippen molar-refractivity contribution in [2.45, 2.75) is 45.6 Å². The van der Waals surface area contributed by atoms with E-state index in [4.69, 9.17) is 4.52 Å². The molecular formula is C14H25N3O3. The predicted molar refractivity (Wildman–Crippen MR) is 77.6 cm³/mol. The van der Waals surface area contributed by atoms with Crippen LogP contribution in [-0.4, -0.2) is 46.8 Å². The van der Waals surface area contributed by atoms with E-state index in [1.165, 1.54) is 0 Å². The molecule has 0 aliphatic rings. The minimum Gasteiger partial charge on any atom is -0.394 e. The van der Waals surface area contributed by atoms with E-state index in [0.717, 1.165) is 5.69 Å². The zero-order valence-corrected chi connectivity index (χ0v) is 13.1. The molecule has 1 heterocycles. The van der Waals surface area contributed by atoms with Crippen LogP contribution in [0.4, 0.5) is 5.88 Å². The first kappa shape index (κ1) is 16.7. The molecule has 0 atom stereocenters. The van der Waals surface area contributed by atoms with Gasteiger partial charge in [-0.2, -0.15) is 0 Å². The number of likely N-dealkylation sites (N-methyl/N-ethyl adjacent to an activating group) is 1. The number of nitrogens with one attached hydrogen (secondary N) is 1. The summed E-state index contributed by atoms with van der Waals surface area (Å²) in [6.45, 7) is 9.95. The highest BCUT2D eigenvalue weighted by Crippen LogP contribution is 2.23. The van der Waals surface area contributed by atoms with Crippen molar-refractivity contribution in [3.05, 3.63) is 11.8 Å². The lowest BCUT2D eigenvalue weighted by Gasteiger charge is -2.33. The largest absolute Gasteiger partial charge is 0.394 e. The second kappa shape index (κ2) is 5.93. The number of aliphatic hydroxyl groups excluding tert-OH is 1. The molecule has 0 spiro atoms. The van der Waals surface area contributed by atoms with Gasteiger partial charge >= 0.3 is 0 Å². The fourth-order valence-electron chi connectivity index (χ4n) is 1.41. The van der Waals surface area contributed by atoms with Crippen LogP contribution in [0.1, 0.15) is 40.3 Å². The standard InChI is InChI=1S/C14H25N3O3/c1-13(2,3)10-7-12(20-16-10)15-11(19)8-17(6)14(4,5)9-18/h7,18H,8-9H2,1-6H3,(H,15,19). The number of amides is 1. The first-order chi connectivity index (χ1) is 9.06. The van der Waals surface area contributed by atoms with Crippen molar-refractivity contribution in [1.82, 2.24) is 10.1 Å². The van der Waals surface area contributed by atoms with E-state index in [2.05, 4.69) is 10.5 Å². The molecule has 0 unspecified atom stereocenters. The Hall–Kier alpha value is -1.40. The predicted octanol–water partition coefficient (Wildman–Crippen LogP) is 1.61. The van der Waals surface area contributed by atoms with Gasteiger partial charge in [0.2, 0.25) is 11.8 Å². The molecule has 0 aliphatic heterocycles. The lowest BCUT2D eigenvalue weighted by molar-refractivity contribution is -0.118. The maximum atomic E-state index is 11.9. The number of nitrogens with zero attached hydrogens (tertiary/aromatic N) is 2. The number of aliphatic hydroxyl groups is 1. The van der Waals surface area contributed by atoms with Crippen LogP contribution in [0.5, 0.6) is 0 Å². The number of carbonyl (C=O) groups is 1. The van der Waals surface area contributed by atoms with Gasteiger partial charge in [-0.1, -0.05) is 25.9 Å². The molecule has 1 aromatic rings. The molecule has 6 heteroatoms. The van der Waals surface area contributed by atoms with E-state index in [1.54, 1.807) is 18.0 Å². The van der Waals surface area contributed by atoms with Crippen molar-refractivity contribution in [3.8, 4) is 0 Å². The lowest BCUT2D eigenvalue weighted by atomic mass is 9.92. The minimum atomic E-state index is -0.449. The Bertz CT molecular complexity index is 460. The highest BCUT2D eigenvalue weighted by Gasteiger charge is 2.25. The molecule has 0 radical (unpaired) electrons. The molecule has 114 valence electrons. The van der Waals surface area contributed by atoms with E-state index >= 15 is 0 Å². The quantitative estimate of drug-likeness (QED) is 0.858. The lowest BCUT2D eigenvalue weighted by Crippen LogP contribution is -2.47. The Balaban J connectivity index is 2.61. The zero-order chi connectivity index (χ0) is 15.6. The number of anilines is 1. The average molecular weight is 283 g/mol. The molecule has 0 aliphatic carbocycles. The van der Waals surface area contributed by atoms with Crippen molar-refractivity contribution in [3.63, 3.8) is 0 Å². The van der Waals surface area contributed by atoms with Crippen molar-refractivity contribution in [1.29, 1.82) is 0 Å². The van der Waals surface area contributed by atoms with Crippen LogP contribution < -0.4 is 5.32 Å². The Morgan fingerprint density at radius 3 is 2.45 bits per heavy atom. The number of aromatic nitrogens is 1. The van der Waals surface area contributed by atoms with Crippen LogP contribution in [0.25, 0.3) is 0 Å². The SMILES string of the molecule is CN(CC(=O)Nc1cc(C(C)(C)C)no1)C(C)(C)CO. The third-order valence-electron chi connectivity index (χ3n) is 3.34. The molecule has 6 nitrogen and oxygen atoms in total. The van der Waals surface area contributed by atoms with E-state index < -0.39 is 5.54 Å². The Labute approximate surface area is 120 Å². The third-order valence-corrected chi connectivity index (χ3v) is 3.34. The topological polar surface area (TPSA) is 78.6 Å². The monoisotopic (exact) mass is 283 g/mol. The first-order valence-corrected chi connectivity index (χ1v) is 6.65. The Morgan fingerprint density at radius 2 is 2.00 bits per heavy atom. The summed E-state index contributed by atoms with van der Waals surface area (Å²) >= 11 is 0. The van der Waals surface area contributed by atoms with Gasteiger partial charge in [0, 0.05) is 17.0 Å². The van der Waals surface area contributed by atoms with Crippen molar-refractivity contribution < 1.29 is 14.4 Å². The number of carbonyl (C=O) groups excluding carboxylic acids is 1. The molecule has 1 aromatic heterocycles. The molecule has 1 rings (SSSR count). The van der Waals surface area contributed by atoms with Gasteiger partial charge in [-0.15, -0.1) is 0 Å². The van der Waals surface area contributed by atoms with Crippen LogP contribution in [0.15, 0.2) is 10.6 Å². The summed E-state index contributed by atoms with van der Waals surface area (Å²) in [5, 5.41) is 15.9. The molecule has 0 saturated carbocycles. The van der Waals surface area contributed by atoms with Gasteiger partial charge in [-0.05, 0) is 20.9 Å². The smallest absolute Gasteiger partial charge is 0.240 e. The van der Waals surface area contributed by atoms with Crippen LogP contribution in [0, 0.1) is 0 Å². The molecule has 0 bridgehead atoms. The maximum absolute atomic E-state index is 11.9. The van der Waals surface area contributed by atoms with Gasteiger partial charge < -0.3 is 9.63 Å². The summed E-state index contributed by atoms with van der Waals surface area (Å²) in [5.41, 5.74) is 0.217. The third kappa shape index (κ3) is 4.31. The summed E-state index contributed by atoms with van der Waals surface area (Å²) in [4.78, 5) is 13.7. The number of rotatable bonds is 5. The zero-order valence-electron chi connectivity index (χ0n) is 13.1. The normalized spacial score (nSPS) is 12.8. The van der Waals surface area contributed by atoms with Gasteiger partial charge in [0.1, 0.15) is 0 Å². The summed E-state index contributed by atoms with van der Waals surface area (Å²) < 4.78 is 5.11. The van der Waals surface area contributed by atoms with Gasteiger partial charge in [0.25, 0.3) is 0 Å². The highest BCUT2D eigenvalue weighted by atomic mass is 16.5. The molecule has 2 N–H and O–H groups in total. The fraction of sp³-hybridized carbons (Fsp3) is 0.714. The van der Waals surface area contributed by atoms with E-state index in [0.29, 0.717) is 5.88 Å².